The van der Waals surface area contributed by atoms with Crippen molar-refractivity contribution in [3.05, 3.63) is 29.8 Å². The van der Waals surface area contributed by atoms with Crippen LogP contribution in [0.2, 0.25) is 0 Å². The van der Waals surface area contributed by atoms with Crippen LogP contribution < -0.4 is 5.73 Å². The molecule has 2 nitrogen and oxygen atoms in total. The molecule has 0 fully saturated rings. The van der Waals surface area contributed by atoms with E-state index in [0.717, 1.165) is 5.56 Å². The first-order valence-electron chi connectivity index (χ1n) is 4.23. The Kier molecular flexibility index (Phi) is 6.11. The van der Waals surface area contributed by atoms with Crippen LogP contribution in [0.3, 0.4) is 0 Å². The van der Waals surface area contributed by atoms with Gasteiger partial charge in [0.05, 0.1) is 0 Å². The summed E-state index contributed by atoms with van der Waals surface area (Å²) in [6.07, 6.45) is 1.25. The molecule has 0 aliphatic carbocycles. The Balaban J connectivity index is 0.000000354. The highest BCUT2D eigenvalue weighted by molar-refractivity contribution is 5.31. The third-order valence-electron chi connectivity index (χ3n) is 1.21. The zero-order chi connectivity index (χ0) is 9.40. The Hall–Kier alpha value is -1.02. The number of phenolic OH excluding ortho intramolecular Hbond substituents is 1. The molecule has 0 aliphatic heterocycles. The van der Waals surface area contributed by atoms with Crippen molar-refractivity contribution < 1.29 is 5.11 Å². The Labute approximate surface area is 74.0 Å². The molecule has 0 spiro atoms. The summed E-state index contributed by atoms with van der Waals surface area (Å²) in [6.45, 7) is 4.65. The van der Waals surface area contributed by atoms with Crippen molar-refractivity contribution in [1.82, 2.24) is 0 Å². The van der Waals surface area contributed by atoms with Crippen LogP contribution in [-0.2, 0) is 6.54 Å². The zero-order valence-corrected chi connectivity index (χ0v) is 7.75. The molecular weight excluding hydrogens is 150 g/mol. The van der Waals surface area contributed by atoms with Crippen molar-refractivity contribution in [3.63, 3.8) is 0 Å². The highest BCUT2D eigenvalue weighted by Crippen LogP contribution is 2.13. The van der Waals surface area contributed by atoms with Crippen LogP contribution in [0.5, 0.6) is 5.75 Å². The monoisotopic (exact) mass is 167 g/mol. The van der Waals surface area contributed by atoms with Crippen LogP contribution >= 0.6 is 0 Å². The Bertz CT molecular complexity index is 211. The second-order valence-electron chi connectivity index (χ2n) is 2.54. The zero-order valence-electron chi connectivity index (χ0n) is 7.75. The van der Waals surface area contributed by atoms with Gasteiger partial charge in [0.1, 0.15) is 5.75 Å². The van der Waals surface area contributed by atoms with Crippen molar-refractivity contribution in [2.24, 2.45) is 5.73 Å². The standard InChI is InChI=1S/C7H9NO.C3H8/c8-5-6-3-1-2-4-7(6)9;1-3-2/h1-4,9H,5,8H2;3H2,1-2H3. The molecule has 12 heavy (non-hydrogen) atoms. The first-order chi connectivity index (χ1) is 5.76. The molecule has 3 N–H and O–H groups in total. The van der Waals surface area contributed by atoms with Crippen LogP contribution in [0.15, 0.2) is 24.3 Å². The van der Waals surface area contributed by atoms with Crippen molar-refractivity contribution in [1.29, 1.82) is 0 Å². The summed E-state index contributed by atoms with van der Waals surface area (Å²) in [4.78, 5) is 0. The van der Waals surface area contributed by atoms with Crippen molar-refractivity contribution in [2.45, 2.75) is 26.8 Å². The van der Waals surface area contributed by atoms with E-state index in [9.17, 15) is 0 Å². The molecule has 1 aromatic rings. The first kappa shape index (κ1) is 11.0. The van der Waals surface area contributed by atoms with E-state index in [0.29, 0.717) is 6.54 Å². The Morgan fingerprint density at radius 1 is 1.25 bits per heavy atom. The predicted octanol–water partition coefficient (Wildman–Crippen LogP) is 2.27. The Morgan fingerprint density at radius 2 is 1.75 bits per heavy atom. The second-order valence-corrected chi connectivity index (χ2v) is 2.54. The SMILES string of the molecule is CCC.NCc1ccccc1O. The summed E-state index contributed by atoms with van der Waals surface area (Å²) in [5.41, 5.74) is 6.08. The molecule has 0 aliphatic rings. The molecule has 0 amide bonds. The average molecular weight is 167 g/mol. The van der Waals surface area contributed by atoms with Crippen LogP contribution in [-0.4, -0.2) is 5.11 Å². The second kappa shape index (κ2) is 6.68. The summed E-state index contributed by atoms with van der Waals surface area (Å²) in [5.74, 6) is 0.278. The lowest BCUT2D eigenvalue weighted by atomic mass is 10.2. The number of benzene rings is 1. The molecule has 1 aromatic carbocycles. The fraction of sp³-hybridized carbons (Fsp3) is 0.400. The molecular formula is C10H17NO. The van der Waals surface area contributed by atoms with Gasteiger partial charge in [-0.05, 0) is 6.07 Å². The van der Waals surface area contributed by atoms with E-state index in [1.807, 2.05) is 6.07 Å². The third-order valence-corrected chi connectivity index (χ3v) is 1.21. The van der Waals surface area contributed by atoms with Gasteiger partial charge in [0, 0.05) is 12.1 Å². The number of rotatable bonds is 1. The molecule has 0 radical (unpaired) electrons. The maximum absolute atomic E-state index is 9.03. The molecule has 0 saturated carbocycles. The minimum Gasteiger partial charge on any atom is -0.508 e. The van der Waals surface area contributed by atoms with Gasteiger partial charge in [-0.3, -0.25) is 0 Å². The first-order valence-corrected chi connectivity index (χ1v) is 4.23. The molecule has 0 bridgehead atoms. The van der Waals surface area contributed by atoms with E-state index < -0.39 is 0 Å². The van der Waals surface area contributed by atoms with Gasteiger partial charge in [0.2, 0.25) is 0 Å². The van der Waals surface area contributed by atoms with Gasteiger partial charge in [-0.25, -0.2) is 0 Å². The van der Waals surface area contributed by atoms with Crippen LogP contribution in [0.4, 0.5) is 0 Å². The minimum absolute atomic E-state index is 0.278. The van der Waals surface area contributed by atoms with E-state index >= 15 is 0 Å². The number of phenols is 1. The maximum atomic E-state index is 9.03. The smallest absolute Gasteiger partial charge is 0.120 e. The number of nitrogens with two attached hydrogens (primary N) is 1. The molecule has 0 unspecified atom stereocenters. The molecule has 1 rings (SSSR count). The molecule has 0 saturated heterocycles. The van der Waals surface area contributed by atoms with Crippen molar-refractivity contribution in [2.75, 3.05) is 0 Å². The van der Waals surface area contributed by atoms with E-state index in [-0.39, 0.29) is 5.75 Å². The topological polar surface area (TPSA) is 46.2 Å². The highest BCUT2D eigenvalue weighted by Gasteiger charge is 1.92. The highest BCUT2D eigenvalue weighted by atomic mass is 16.3. The average Bonchev–Trinajstić information content (AvgIpc) is 2.07. The van der Waals surface area contributed by atoms with Gasteiger partial charge < -0.3 is 10.8 Å². The fourth-order valence-corrected chi connectivity index (χ4v) is 0.683. The molecule has 68 valence electrons. The lowest BCUT2D eigenvalue weighted by Crippen LogP contribution is -1.95. The number of para-hydroxylation sites is 1. The number of hydrogen-bond acceptors (Lipinski definition) is 2. The normalized spacial score (nSPS) is 8.58. The quantitative estimate of drug-likeness (QED) is 0.674. The van der Waals surface area contributed by atoms with Crippen LogP contribution in [0.25, 0.3) is 0 Å². The molecule has 0 atom stereocenters. The lowest BCUT2D eigenvalue weighted by molar-refractivity contribution is 0.468. The summed E-state index contributed by atoms with van der Waals surface area (Å²) >= 11 is 0. The maximum Gasteiger partial charge on any atom is 0.120 e. The van der Waals surface area contributed by atoms with Crippen LogP contribution in [0, 0.1) is 0 Å². The van der Waals surface area contributed by atoms with E-state index in [1.165, 1.54) is 6.42 Å². The van der Waals surface area contributed by atoms with Gasteiger partial charge in [0.15, 0.2) is 0 Å². The molecule has 0 aromatic heterocycles. The van der Waals surface area contributed by atoms with Gasteiger partial charge in [-0.1, -0.05) is 38.5 Å². The van der Waals surface area contributed by atoms with E-state index in [4.69, 9.17) is 10.8 Å². The molecule has 2 heteroatoms. The van der Waals surface area contributed by atoms with E-state index in [1.54, 1.807) is 18.2 Å². The minimum atomic E-state index is 0.278. The van der Waals surface area contributed by atoms with Gasteiger partial charge in [0.25, 0.3) is 0 Å². The molecule has 0 heterocycles. The predicted molar refractivity (Wildman–Crippen MR) is 52.0 cm³/mol. The fourth-order valence-electron chi connectivity index (χ4n) is 0.683. The van der Waals surface area contributed by atoms with E-state index in [2.05, 4.69) is 13.8 Å². The summed E-state index contributed by atoms with van der Waals surface area (Å²) in [6, 6.07) is 7.05. The number of hydrogen-bond donors (Lipinski definition) is 2. The summed E-state index contributed by atoms with van der Waals surface area (Å²) in [7, 11) is 0. The van der Waals surface area contributed by atoms with Crippen molar-refractivity contribution >= 4 is 0 Å². The Morgan fingerprint density at radius 3 is 2.08 bits per heavy atom. The van der Waals surface area contributed by atoms with Gasteiger partial charge in [-0.2, -0.15) is 0 Å². The van der Waals surface area contributed by atoms with Gasteiger partial charge in [-0.15, -0.1) is 0 Å². The largest absolute Gasteiger partial charge is 0.508 e. The summed E-state index contributed by atoms with van der Waals surface area (Å²) in [5, 5.41) is 9.03. The van der Waals surface area contributed by atoms with Crippen molar-refractivity contribution in [3.8, 4) is 5.75 Å². The van der Waals surface area contributed by atoms with Gasteiger partial charge >= 0.3 is 0 Å². The lowest BCUT2D eigenvalue weighted by Gasteiger charge is -1.97. The van der Waals surface area contributed by atoms with Crippen LogP contribution in [0.1, 0.15) is 25.8 Å². The third kappa shape index (κ3) is 3.98. The summed E-state index contributed by atoms with van der Waals surface area (Å²) < 4.78 is 0. The number of aromatic hydroxyl groups is 1.